The van der Waals surface area contributed by atoms with Crippen LogP contribution >= 0.6 is 0 Å². The van der Waals surface area contributed by atoms with Crippen molar-refractivity contribution in [2.45, 2.75) is 0 Å². The third-order valence-electron chi connectivity index (χ3n) is 3.05. The van der Waals surface area contributed by atoms with E-state index in [0.29, 0.717) is 11.3 Å². The molecule has 10 heteroatoms. The zero-order valence-corrected chi connectivity index (χ0v) is 10.9. The van der Waals surface area contributed by atoms with E-state index < -0.39 is 21.2 Å². The maximum Gasteiger partial charge on any atom is 0.277 e. The van der Waals surface area contributed by atoms with Crippen LogP contribution in [0.2, 0.25) is 0 Å². The highest BCUT2D eigenvalue weighted by Gasteiger charge is 2.20. The van der Waals surface area contributed by atoms with Crippen LogP contribution in [0, 0.1) is 20.2 Å². The summed E-state index contributed by atoms with van der Waals surface area (Å²) in [6, 6.07) is 6.57. The van der Waals surface area contributed by atoms with Crippen molar-refractivity contribution in [3.05, 3.63) is 56.8 Å². The number of nitrogen functional groups attached to an aromatic ring is 1. The minimum atomic E-state index is -0.700. The summed E-state index contributed by atoms with van der Waals surface area (Å²) < 4.78 is 1.51. The van der Waals surface area contributed by atoms with E-state index >= 15 is 0 Å². The van der Waals surface area contributed by atoms with Gasteiger partial charge in [0.2, 0.25) is 0 Å². The number of fused-ring (bicyclic) bond motifs is 1. The molecule has 0 aliphatic carbocycles. The third kappa shape index (κ3) is 2.08. The molecular weight excluding hydrogens is 292 g/mol. The Hall–Kier alpha value is -3.56. The van der Waals surface area contributed by atoms with E-state index in [1.165, 1.54) is 16.5 Å². The van der Waals surface area contributed by atoms with Crippen molar-refractivity contribution in [3.8, 4) is 11.4 Å². The lowest BCUT2D eigenvalue weighted by molar-refractivity contribution is -0.394. The van der Waals surface area contributed by atoms with Crippen molar-refractivity contribution in [3.63, 3.8) is 0 Å². The van der Waals surface area contributed by atoms with E-state index in [1.54, 1.807) is 18.3 Å². The van der Waals surface area contributed by atoms with Crippen molar-refractivity contribution >= 4 is 22.7 Å². The minimum Gasteiger partial charge on any atom is -0.396 e. The number of nitro groups is 2. The number of benzene rings is 1. The smallest absolute Gasteiger partial charge is 0.277 e. The van der Waals surface area contributed by atoms with Crippen molar-refractivity contribution in [1.29, 1.82) is 0 Å². The first kappa shape index (κ1) is 13.4. The average molecular weight is 300 g/mol. The first-order chi connectivity index (χ1) is 10.5. The van der Waals surface area contributed by atoms with Crippen LogP contribution in [0.4, 0.5) is 17.1 Å². The van der Waals surface area contributed by atoms with Gasteiger partial charge >= 0.3 is 0 Å². The largest absolute Gasteiger partial charge is 0.396 e. The molecule has 2 N–H and O–H groups in total. The maximum atomic E-state index is 10.9. The van der Waals surface area contributed by atoms with Crippen LogP contribution in [0.3, 0.4) is 0 Å². The molecule has 0 radical (unpaired) electrons. The van der Waals surface area contributed by atoms with E-state index in [0.717, 1.165) is 6.07 Å². The van der Waals surface area contributed by atoms with Gasteiger partial charge in [-0.2, -0.15) is 0 Å². The topological polar surface area (TPSA) is 142 Å². The molecule has 3 rings (SSSR count). The Morgan fingerprint density at radius 1 is 1.05 bits per heavy atom. The third-order valence-corrected chi connectivity index (χ3v) is 3.05. The van der Waals surface area contributed by atoms with Gasteiger partial charge in [-0.25, -0.2) is 0 Å². The van der Waals surface area contributed by atoms with Gasteiger partial charge in [0.15, 0.2) is 11.5 Å². The van der Waals surface area contributed by atoms with Gasteiger partial charge < -0.3 is 5.73 Å². The lowest BCUT2D eigenvalue weighted by Gasteiger charge is -2.02. The van der Waals surface area contributed by atoms with Crippen LogP contribution in [-0.4, -0.2) is 24.4 Å². The van der Waals surface area contributed by atoms with Gasteiger partial charge in [0.1, 0.15) is 0 Å². The van der Waals surface area contributed by atoms with E-state index in [4.69, 9.17) is 5.73 Å². The lowest BCUT2D eigenvalue weighted by Crippen LogP contribution is -1.96. The standard InChI is InChI=1S/C12H8N6O4/c13-10-2-1-3-16-11(14-15-12(10)16)7-4-8(17(19)20)6-9(5-7)18(21)22/h1-6H,13H2. The molecule has 2 heterocycles. The Kier molecular flexibility index (Phi) is 2.91. The fourth-order valence-corrected chi connectivity index (χ4v) is 2.07. The molecule has 0 saturated heterocycles. The van der Waals surface area contributed by atoms with Crippen molar-refractivity contribution < 1.29 is 9.85 Å². The van der Waals surface area contributed by atoms with Crippen molar-refractivity contribution in [2.24, 2.45) is 0 Å². The minimum absolute atomic E-state index is 0.207. The number of anilines is 1. The molecule has 0 aliphatic heterocycles. The van der Waals surface area contributed by atoms with Crippen LogP contribution in [0.15, 0.2) is 36.5 Å². The number of aromatic nitrogens is 3. The van der Waals surface area contributed by atoms with Crippen molar-refractivity contribution in [2.75, 3.05) is 5.73 Å². The highest BCUT2D eigenvalue weighted by atomic mass is 16.6. The number of nitrogens with two attached hydrogens (primary N) is 1. The van der Waals surface area contributed by atoms with Gasteiger partial charge in [0.25, 0.3) is 11.4 Å². The Labute approximate surface area is 122 Å². The molecule has 0 fully saturated rings. The summed E-state index contributed by atoms with van der Waals surface area (Å²) in [6.07, 6.45) is 1.62. The van der Waals surface area contributed by atoms with E-state index in [9.17, 15) is 20.2 Å². The molecule has 22 heavy (non-hydrogen) atoms. The second-order valence-electron chi connectivity index (χ2n) is 4.43. The lowest BCUT2D eigenvalue weighted by atomic mass is 10.1. The predicted molar refractivity (Wildman–Crippen MR) is 76.1 cm³/mol. The highest BCUT2D eigenvalue weighted by molar-refractivity contribution is 5.71. The number of nitrogens with zero attached hydrogens (tertiary/aromatic N) is 5. The number of hydrogen-bond donors (Lipinski definition) is 1. The Balaban J connectivity index is 2.28. The molecule has 10 nitrogen and oxygen atoms in total. The zero-order valence-electron chi connectivity index (χ0n) is 10.9. The van der Waals surface area contributed by atoms with Crippen molar-refractivity contribution in [1.82, 2.24) is 14.6 Å². The molecule has 0 spiro atoms. The first-order valence-electron chi connectivity index (χ1n) is 6.01. The summed E-state index contributed by atoms with van der Waals surface area (Å²) in [6.45, 7) is 0. The van der Waals surface area contributed by atoms with Gasteiger partial charge in [-0.05, 0) is 12.1 Å². The fourth-order valence-electron chi connectivity index (χ4n) is 2.07. The Bertz CT molecular complexity index is 887. The number of hydrogen-bond acceptors (Lipinski definition) is 7. The van der Waals surface area contributed by atoms with E-state index in [2.05, 4.69) is 10.2 Å². The Morgan fingerprint density at radius 2 is 1.68 bits per heavy atom. The van der Waals surface area contributed by atoms with Gasteiger partial charge in [-0.3, -0.25) is 24.6 Å². The maximum absolute atomic E-state index is 10.9. The van der Waals surface area contributed by atoms with Crippen LogP contribution in [0.25, 0.3) is 17.0 Å². The van der Waals surface area contributed by atoms with Gasteiger partial charge in [-0.1, -0.05) is 0 Å². The van der Waals surface area contributed by atoms with Crippen LogP contribution in [0.1, 0.15) is 0 Å². The molecule has 2 aromatic heterocycles. The molecule has 1 aromatic carbocycles. The molecule has 0 bridgehead atoms. The van der Waals surface area contributed by atoms with Crippen LogP contribution in [0.5, 0.6) is 0 Å². The molecule has 0 aliphatic rings. The second-order valence-corrected chi connectivity index (χ2v) is 4.43. The first-order valence-corrected chi connectivity index (χ1v) is 6.01. The number of rotatable bonds is 3. The van der Waals surface area contributed by atoms with Gasteiger partial charge in [-0.15, -0.1) is 10.2 Å². The summed E-state index contributed by atoms with van der Waals surface area (Å²) in [5.41, 5.74) is 5.92. The molecule has 0 amide bonds. The quantitative estimate of drug-likeness (QED) is 0.573. The fraction of sp³-hybridized carbons (Fsp3) is 0. The molecule has 0 unspecified atom stereocenters. The molecular formula is C12H8N6O4. The summed E-state index contributed by atoms with van der Waals surface area (Å²) in [5.74, 6) is 0.231. The number of nitro benzene ring substituents is 2. The van der Waals surface area contributed by atoms with E-state index in [1.807, 2.05) is 0 Å². The Morgan fingerprint density at radius 3 is 2.27 bits per heavy atom. The monoisotopic (exact) mass is 300 g/mol. The molecule has 110 valence electrons. The molecule has 0 saturated carbocycles. The zero-order chi connectivity index (χ0) is 15.9. The van der Waals surface area contributed by atoms with E-state index in [-0.39, 0.29) is 11.4 Å². The van der Waals surface area contributed by atoms with Gasteiger partial charge in [0.05, 0.1) is 21.6 Å². The average Bonchev–Trinajstić information content (AvgIpc) is 2.92. The van der Waals surface area contributed by atoms with Crippen LogP contribution in [-0.2, 0) is 0 Å². The number of non-ortho nitro benzene ring substituents is 2. The summed E-state index contributed by atoms with van der Waals surface area (Å²) in [4.78, 5) is 20.5. The highest BCUT2D eigenvalue weighted by Crippen LogP contribution is 2.29. The summed E-state index contributed by atoms with van der Waals surface area (Å²) >= 11 is 0. The normalized spacial score (nSPS) is 10.7. The van der Waals surface area contributed by atoms with Crippen LogP contribution < -0.4 is 5.73 Å². The second kappa shape index (κ2) is 4.77. The van der Waals surface area contributed by atoms with Gasteiger partial charge in [0, 0.05) is 23.9 Å². The summed E-state index contributed by atoms with van der Waals surface area (Å²) in [7, 11) is 0. The predicted octanol–water partition coefficient (Wildman–Crippen LogP) is 1.79. The number of pyridine rings is 1. The molecule has 3 aromatic rings. The SMILES string of the molecule is Nc1cccn2c(-c3cc([N+](=O)[O-])cc([N+](=O)[O-])c3)nnc12. The summed E-state index contributed by atoms with van der Waals surface area (Å²) in [5, 5.41) is 29.7. The molecule has 0 atom stereocenters.